The van der Waals surface area contributed by atoms with E-state index >= 15 is 0 Å². The van der Waals surface area contributed by atoms with Gasteiger partial charge in [0.05, 0.1) is 6.04 Å². The molecule has 1 aliphatic heterocycles. The fourth-order valence-electron chi connectivity index (χ4n) is 2.20. The maximum atomic E-state index is 10.0. The smallest absolute Gasteiger partial charge is 0.121 e. The van der Waals surface area contributed by atoms with Gasteiger partial charge in [0, 0.05) is 36.2 Å². The summed E-state index contributed by atoms with van der Waals surface area (Å²) in [4.78, 5) is 2.33. The minimum Gasteiger partial charge on any atom is -0.508 e. The minimum atomic E-state index is 0.0881. The second-order valence-electron chi connectivity index (χ2n) is 4.17. The first-order chi connectivity index (χ1) is 8.22. The van der Waals surface area contributed by atoms with Gasteiger partial charge in [0.15, 0.2) is 0 Å². The van der Waals surface area contributed by atoms with Gasteiger partial charge in [0.25, 0.3) is 0 Å². The van der Waals surface area contributed by atoms with E-state index in [4.69, 9.17) is 0 Å². The van der Waals surface area contributed by atoms with Crippen molar-refractivity contribution in [2.75, 3.05) is 26.2 Å². The lowest BCUT2D eigenvalue weighted by atomic mass is 10.0. The summed E-state index contributed by atoms with van der Waals surface area (Å²) in [6, 6.07) is 5.72. The van der Waals surface area contributed by atoms with Crippen molar-refractivity contribution in [2.45, 2.75) is 6.04 Å². The van der Waals surface area contributed by atoms with Crippen LogP contribution < -0.4 is 5.32 Å². The van der Waals surface area contributed by atoms with E-state index in [1.165, 1.54) is 0 Å². The molecule has 17 heavy (non-hydrogen) atoms. The molecule has 2 N–H and O–H groups in total. The molecule has 1 fully saturated rings. The Balaban J connectivity index is 2.24. The van der Waals surface area contributed by atoms with Crippen molar-refractivity contribution in [2.24, 2.45) is 0 Å². The fourth-order valence-corrected chi connectivity index (χ4v) is 2.55. The van der Waals surface area contributed by atoms with Crippen LogP contribution in [-0.4, -0.2) is 36.2 Å². The third kappa shape index (κ3) is 2.89. The van der Waals surface area contributed by atoms with E-state index in [0.29, 0.717) is 5.75 Å². The van der Waals surface area contributed by atoms with Crippen LogP contribution >= 0.6 is 15.9 Å². The third-order valence-corrected chi connectivity index (χ3v) is 3.57. The van der Waals surface area contributed by atoms with E-state index in [-0.39, 0.29) is 6.04 Å². The molecule has 2 rings (SSSR count). The van der Waals surface area contributed by atoms with Crippen LogP contribution in [-0.2, 0) is 0 Å². The average molecular weight is 297 g/mol. The van der Waals surface area contributed by atoms with Gasteiger partial charge in [0.1, 0.15) is 5.75 Å². The Hall–Kier alpha value is -0.840. The SMILES string of the molecule is C=C[C@H](c1ccc(Br)cc1O)N1CCNCC1. The Morgan fingerprint density at radius 3 is 2.71 bits per heavy atom. The molecule has 0 radical (unpaired) electrons. The first-order valence-corrected chi connectivity index (χ1v) is 6.57. The zero-order chi connectivity index (χ0) is 12.3. The molecule has 92 valence electrons. The molecule has 0 bridgehead atoms. The summed E-state index contributed by atoms with van der Waals surface area (Å²) in [5.74, 6) is 0.322. The molecule has 3 nitrogen and oxygen atoms in total. The summed E-state index contributed by atoms with van der Waals surface area (Å²) >= 11 is 3.35. The lowest BCUT2D eigenvalue weighted by molar-refractivity contribution is 0.201. The zero-order valence-electron chi connectivity index (χ0n) is 9.69. The number of nitrogens with zero attached hydrogens (tertiary/aromatic N) is 1. The second-order valence-corrected chi connectivity index (χ2v) is 5.09. The van der Waals surface area contributed by atoms with E-state index in [2.05, 4.69) is 32.7 Å². The van der Waals surface area contributed by atoms with Crippen molar-refractivity contribution < 1.29 is 5.11 Å². The summed E-state index contributed by atoms with van der Waals surface area (Å²) in [7, 11) is 0. The standard InChI is InChI=1S/C13H17BrN2O/c1-2-12(16-7-5-15-6-8-16)11-4-3-10(14)9-13(11)17/h2-4,9,12,15,17H,1,5-8H2/t12-/m1/s1. The lowest BCUT2D eigenvalue weighted by Crippen LogP contribution is -2.44. The van der Waals surface area contributed by atoms with Crippen LogP contribution in [0.3, 0.4) is 0 Å². The Morgan fingerprint density at radius 1 is 1.41 bits per heavy atom. The maximum absolute atomic E-state index is 10.0. The number of rotatable bonds is 3. The van der Waals surface area contributed by atoms with Crippen LogP contribution in [0.4, 0.5) is 0 Å². The van der Waals surface area contributed by atoms with Gasteiger partial charge < -0.3 is 10.4 Å². The van der Waals surface area contributed by atoms with Crippen LogP contribution in [0.5, 0.6) is 5.75 Å². The number of benzene rings is 1. The van der Waals surface area contributed by atoms with E-state index in [1.807, 2.05) is 18.2 Å². The molecule has 1 heterocycles. The molecule has 0 spiro atoms. The molecule has 1 aliphatic rings. The van der Waals surface area contributed by atoms with Gasteiger partial charge in [-0.05, 0) is 12.1 Å². The van der Waals surface area contributed by atoms with Crippen LogP contribution in [0.25, 0.3) is 0 Å². The normalized spacial score (nSPS) is 18.9. The highest BCUT2D eigenvalue weighted by Gasteiger charge is 2.21. The van der Waals surface area contributed by atoms with Crippen LogP contribution in [0, 0.1) is 0 Å². The molecule has 0 aromatic heterocycles. The first-order valence-electron chi connectivity index (χ1n) is 5.78. The minimum absolute atomic E-state index is 0.0881. The van der Waals surface area contributed by atoms with E-state index in [9.17, 15) is 5.11 Å². The Bertz CT molecular complexity index is 402. The number of halogens is 1. The summed E-state index contributed by atoms with van der Waals surface area (Å²) in [6.07, 6.45) is 1.90. The zero-order valence-corrected chi connectivity index (χ0v) is 11.3. The predicted octanol–water partition coefficient (Wildman–Crippen LogP) is 2.29. The Morgan fingerprint density at radius 2 is 2.12 bits per heavy atom. The predicted molar refractivity (Wildman–Crippen MR) is 73.2 cm³/mol. The molecule has 4 heteroatoms. The third-order valence-electron chi connectivity index (χ3n) is 3.08. The van der Waals surface area contributed by atoms with E-state index < -0.39 is 0 Å². The quantitative estimate of drug-likeness (QED) is 0.840. The van der Waals surface area contributed by atoms with Gasteiger partial charge in [-0.25, -0.2) is 0 Å². The van der Waals surface area contributed by atoms with Gasteiger partial charge in [-0.2, -0.15) is 0 Å². The van der Waals surface area contributed by atoms with Gasteiger partial charge in [-0.15, -0.1) is 6.58 Å². The summed E-state index contributed by atoms with van der Waals surface area (Å²) in [6.45, 7) is 7.82. The molecular formula is C13H17BrN2O. The second kappa shape index (κ2) is 5.67. The number of hydrogen-bond donors (Lipinski definition) is 2. The highest BCUT2D eigenvalue weighted by atomic mass is 79.9. The van der Waals surface area contributed by atoms with Crippen LogP contribution in [0.15, 0.2) is 35.3 Å². The van der Waals surface area contributed by atoms with Crippen molar-refractivity contribution in [1.82, 2.24) is 10.2 Å². The molecule has 0 amide bonds. The van der Waals surface area contributed by atoms with Crippen molar-refractivity contribution in [3.63, 3.8) is 0 Å². The molecule has 1 aromatic rings. The molecule has 1 aromatic carbocycles. The molecule has 1 saturated heterocycles. The molecule has 0 saturated carbocycles. The number of phenolic OH excluding ortho intramolecular Hbond substituents is 1. The van der Waals surface area contributed by atoms with Crippen molar-refractivity contribution in [3.05, 3.63) is 40.9 Å². The number of aromatic hydroxyl groups is 1. The van der Waals surface area contributed by atoms with Gasteiger partial charge in [-0.1, -0.05) is 28.1 Å². The number of nitrogens with one attached hydrogen (secondary N) is 1. The van der Waals surface area contributed by atoms with E-state index in [1.54, 1.807) is 6.07 Å². The van der Waals surface area contributed by atoms with Gasteiger partial charge >= 0.3 is 0 Å². The molecule has 1 atom stereocenters. The van der Waals surface area contributed by atoms with Crippen LogP contribution in [0.2, 0.25) is 0 Å². The largest absolute Gasteiger partial charge is 0.508 e. The summed E-state index contributed by atoms with van der Waals surface area (Å²) in [5.41, 5.74) is 0.921. The highest BCUT2D eigenvalue weighted by Crippen LogP contribution is 2.31. The molecule has 0 aliphatic carbocycles. The number of piperazine rings is 1. The van der Waals surface area contributed by atoms with Crippen molar-refractivity contribution in [3.8, 4) is 5.75 Å². The lowest BCUT2D eigenvalue weighted by Gasteiger charge is -2.33. The van der Waals surface area contributed by atoms with Gasteiger partial charge in [0.2, 0.25) is 0 Å². The van der Waals surface area contributed by atoms with Crippen molar-refractivity contribution in [1.29, 1.82) is 0 Å². The summed E-state index contributed by atoms with van der Waals surface area (Å²) in [5, 5.41) is 13.3. The average Bonchev–Trinajstić information content (AvgIpc) is 2.34. The van der Waals surface area contributed by atoms with E-state index in [0.717, 1.165) is 36.2 Å². The Kier molecular flexibility index (Phi) is 4.20. The Labute approximate surface area is 110 Å². The fraction of sp³-hybridized carbons (Fsp3) is 0.385. The van der Waals surface area contributed by atoms with Gasteiger partial charge in [-0.3, -0.25) is 4.90 Å². The van der Waals surface area contributed by atoms with Crippen molar-refractivity contribution >= 4 is 15.9 Å². The summed E-state index contributed by atoms with van der Waals surface area (Å²) < 4.78 is 0.891. The monoisotopic (exact) mass is 296 g/mol. The maximum Gasteiger partial charge on any atom is 0.121 e. The molecule has 0 unspecified atom stereocenters. The first kappa shape index (κ1) is 12.6. The van der Waals surface area contributed by atoms with Crippen LogP contribution in [0.1, 0.15) is 11.6 Å². The number of phenols is 1. The molecular weight excluding hydrogens is 280 g/mol. The topological polar surface area (TPSA) is 35.5 Å². The number of hydrogen-bond acceptors (Lipinski definition) is 3. The highest BCUT2D eigenvalue weighted by molar-refractivity contribution is 9.10.